The molecular weight excluding hydrogens is 571 g/mol. The molecule has 0 aromatic heterocycles. The van der Waals surface area contributed by atoms with Gasteiger partial charge in [0.2, 0.25) is 10.0 Å². The number of hydrogen-bond donors (Lipinski definition) is 4. The van der Waals surface area contributed by atoms with Crippen molar-refractivity contribution in [2.45, 2.75) is 63.4 Å². The fourth-order valence-electron chi connectivity index (χ4n) is 5.25. The van der Waals surface area contributed by atoms with Crippen LogP contribution in [0.25, 0.3) is 0 Å². The molecule has 4 N–H and O–H groups in total. The highest BCUT2D eigenvalue weighted by Crippen LogP contribution is 2.24. The number of amides is 2. The first-order chi connectivity index (χ1) is 20.3. The van der Waals surface area contributed by atoms with Crippen LogP contribution in [0.4, 0.5) is 10.1 Å². The fourth-order valence-corrected chi connectivity index (χ4v) is 5.74. The maximum absolute atomic E-state index is 13.7. The van der Waals surface area contributed by atoms with Gasteiger partial charge in [-0.25, -0.2) is 12.8 Å². The highest BCUT2D eigenvalue weighted by Gasteiger charge is 2.33. The molecule has 1 heterocycles. The molecule has 0 aliphatic carbocycles. The Bertz CT molecular complexity index is 1540. The van der Waals surface area contributed by atoms with Crippen LogP contribution in [0.2, 0.25) is 0 Å². The van der Waals surface area contributed by atoms with Gasteiger partial charge < -0.3 is 21.1 Å². The zero-order chi connectivity index (χ0) is 31.3. The average molecular weight is 611 g/mol. The van der Waals surface area contributed by atoms with Crippen molar-refractivity contribution in [3.05, 3.63) is 101 Å². The number of halogens is 1. The van der Waals surface area contributed by atoms with Crippen molar-refractivity contribution < 1.29 is 27.5 Å². The number of nitrogens with one attached hydrogen (secondary N) is 3. The summed E-state index contributed by atoms with van der Waals surface area (Å²) in [6.45, 7) is 3.78. The summed E-state index contributed by atoms with van der Waals surface area (Å²) in [5.74, 6) is -1.50. The molecule has 1 fully saturated rings. The molecule has 5 atom stereocenters. The first-order valence-electron chi connectivity index (χ1n) is 14.3. The predicted octanol–water partition coefficient (Wildman–Crippen LogP) is 3.56. The van der Waals surface area contributed by atoms with Gasteiger partial charge >= 0.3 is 0 Å². The zero-order valence-electron chi connectivity index (χ0n) is 24.7. The summed E-state index contributed by atoms with van der Waals surface area (Å²) in [6, 6.07) is 18.3. The number of aliphatic hydroxyl groups is 1. The number of benzene rings is 3. The smallest absolute Gasteiger partial charge is 0.251 e. The molecule has 9 nitrogen and oxygen atoms in total. The molecular formula is C32H39FN4O5S. The van der Waals surface area contributed by atoms with E-state index in [0.29, 0.717) is 12.0 Å². The van der Waals surface area contributed by atoms with E-state index in [2.05, 4.69) is 16.0 Å². The number of aliphatic hydroxyl groups excluding tert-OH is 1. The maximum atomic E-state index is 13.7. The van der Waals surface area contributed by atoms with E-state index < -0.39 is 45.8 Å². The molecule has 0 spiro atoms. The van der Waals surface area contributed by atoms with Gasteiger partial charge in [-0.3, -0.25) is 13.9 Å². The molecule has 0 saturated carbocycles. The van der Waals surface area contributed by atoms with Crippen LogP contribution in [0.1, 0.15) is 64.6 Å². The Balaban J connectivity index is 1.64. The Morgan fingerprint density at radius 1 is 1.00 bits per heavy atom. The van der Waals surface area contributed by atoms with Gasteiger partial charge in [0, 0.05) is 30.3 Å². The summed E-state index contributed by atoms with van der Waals surface area (Å²) < 4.78 is 39.1. The minimum atomic E-state index is -3.72. The third-order valence-corrected chi connectivity index (χ3v) is 9.08. The Kier molecular flexibility index (Phi) is 10.2. The SMILES string of the molecule is C[C@H]1CC[C@H]([C@@H](O)[C@H](Cc2ccccc2)NC(=O)c2cc(C(=O)N[C@H](C)c3ccc(F)cc3)cc(N(C)S(C)(=O)=O)c2)N1. The summed E-state index contributed by atoms with van der Waals surface area (Å²) in [4.78, 5) is 27.1. The molecule has 11 heteroatoms. The number of rotatable bonds is 11. The molecule has 230 valence electrons. The number of carbonyl (C=O) groups excluding carboxylic acids is 2. The van der Waals surface area contributed by atoms with E-state index in [9.17, 15) is 27.5 Å². The number of sulfonamides is 1. The van der Waals surface area contributed by atoms with E-state index in [1.54, 1.807) is 19.1 Å². The van der Waals surface area contributed by atoms with Gasteiger partial charge in [0.15, 0.2) is 0 Å². The Hall–Kier alpha value is -3.80. The minimum absolute atomic E-state index is 0.0607. The Labute approximate surface area is 252 Å². The van der Waals surface area contributed by atoms with E-state index in [1.807, 2.05) is 37.3 Å². The van der Waals surface area contributed by atoms with Gasteiger partial charge in [-0.05, 0) is 74.6 Å². The van der Waals surface area contributed by atoms with Crippen molar-refractivity contribution in [2.24, 2.45) is 0 Å². The van der Waals surface area contributed by atoms with Crippen LogP contribution in [0.5, 0.6) is 0 Å². The molecule has 1 aliphatic heterocycles. The van der Waals surface area contributed by atoms with Crippen molar-refractivity contribution in [1.29, 1.82) is 0 Å². The van der Waals surface area contributed by atoms with Crippen molar-refractivity contribution >= 4 is 27.5 Å². The molecule has 0 radical (unpaired) electrons. The second kappa shape index (κ2) is 13.7. The predicted molar refractivity (Wildman–Crippen MR) is 165 cm³/mol. The van der Waals surface area contributed by atoms with E-state index in [4.69, 9.17) is 0 Å². The van der Waals surface area contributed by atoms with Crippen LogP contribution < -0.4 is 20.3 Å². The lowest BCUT2D eigenvalue weighted by molar-refractivity contribution is 0.0732. The topological polar surface area (TPSA) is 128 Å². The van der Waals surface area contributed by atoms with E-state index in [1.165, 1.54) is 37.4 Å². The lowest BCUT2D eigenvalue weighted by atomic mass is 9.95. The molecule has 0 unspecified atom stereocenters. The third kappa shape index (κ3) is 8.40. The van der Waals surface area contributed by atoms with Crippen LogP contribution in [-0.4, -0.2) is 62.9 Å². The summed E-state index contributed by atoms with van der Waals surface area (Å²) in [6.07, 6.45) is 2.16. The van der Waals surface area contributed by atoms with Gasteiger partial charge in [0.05, 0.1) is 30.1 Å². The van der Waals surface area contributed by atoms with Crippen LogP contribution in [0.3, 0.4) is 0 Å². The Morgan fingerprint density at radius 2 is 1.60 bits per heavy atom. The van der Waals surface area contributed by atoms with Crippen molar-refractivity contribution in [3.8, 4) is 0 Å². The van der Waals surface area contributed by atoms with Crippen LogP contribution >= 0.6 is 0 Å². The highest BCUT2D eigenvalue weighted by molar-refractivity contribution is 7.92. The average Bonchev–Trinajstić information content (AvgIpc) is 3.42. The van der Waals surface area contributed by atoms with Gasteiger partial charge in [-0.15, -0.1) is 0 Å². The standard InChI is InChI=1S/C32H39FN4O5S/c1-20-10-15-28(34-20)30(38)29(16-22-8-6-5-7-9-22)36-32(40)25-17-24(18-27(19-25)37(3)43(4,41)42)31(39)35-21(2)23-11-13-26(33)14-12-23/h5-9,11-14,17-21,28-30,34,38H,10,15-16H2,1-4H3,(H,35,39)(H,36,40)/t20-,21+,28+,29-,30+/m0/s1. The van der Waals surface area contributed by atoms with Crippen molar-refractivity contribution in [2.75, 3.05) is 17.6 Å². The van der Waals surface area contributed by atoms with Gasteiger partial charge in [0.1, 0.15) is 5.82 Å². The number of anilines is 1. The quantitative estimate of drug-likeness (QED) is 0.263. The molecule has 0 bridgehead atoms. The van der Waals surface area contributed by atoms with E-state index >= 15 is 0 Å². The normalized spacial score (nSPS) is 18.8. The molecule has 43 heavy (non-hydrogen) atoms. The second-order valence-corrected chi connectivity index (χ2v) is 13.3. The molecule has 1 aliphatic rings. The first kappa shape index (κ1) is 32.1. The number of carbonyl (C=O) groups is 2. The zero-order valence-corrected chi connectivity index (χ0v) is 25.6. The van der Waals surface area contributed by atoms with Crippen molar-refractivity contribution in [1.82, 2.24) is 16.0 Å². The first-order valence-corrected chi connectivity index (χ1v) is 16.1. The lowest BCUT2D eigenvalue weighted by Gasteiger charge is -2.29. The maximum Gasteiger partial charge on any atom is 0.251 e. The number of nitrogens with zero attached hydrogens (tertiary/aromatic N) is 1. The van der Waals surface area contributed by atoms with Crippen LogP contribution in [-0.2, 0) is 16.4 Å². The lowest BCUT2D eigenvalue weighted by Crippen LogP contribution is -2.53. The fraction of sp³-hybridized carbons (Fsp3) is 0.375. The largest absolute Gasteiger partial charge is 0.389 e. The van der Waals surface area contributed by atoms with Crippen LogP contribution in [0.15, 0.2) is 72.8 Å². The van der Waals surface area contributed by atoms with Gasteiger partial charge in [-0.2, -0.15) is 0 Å². The summed E-state index contributed by atoms with van der Waals surface area (Å²) in [5, 5.41) is 20.5. The summed E-state index contributed by atoms with van der Waals surface area (Å²) in [7, 11) is -2.38. The van der Waals surface area contributed by atoms with E-state index in [0.717, 1.165) is 29.0 Å². The third-order valence-electron chi connectivity index (χ3n) is 7.87. The van der Waals surface area contributed by atoms with Gasteiger partial charge in [0.25, 0.3) is 11.8 Å². The van der Waals surface area contributed by atoms with Crippen LogP contribution in [0, 0.1) is 5.82 Å². The molecule has 3 aromatic carbocycles. The monoisotopic (exact) mass is 610 g/mol. The summed E-state index contributed by atoms with van der Waals surface area (Å²) in [5.41, 5.74) is 1.85. The molecule has 3 aromatic rings. The second-order valence-electron chi connectivity index (χ2n) is 11.3. The molecule has 1 saturated heterocycles. The Morgan fingerprint density at radius 3 is 2.16 bits per heavy atom. The van der Waals surface area contributed by atoms with Crippen molar-refractivity contribution in [3.63, 3.8) is 0 Å². The van der Waals surface area contributed by atoms with Gasteiger partial charge in [-0.1, -0.05) is 42.5 Å². The minimum Gasteiger partial charge on any atom is -0.389 e. The van der Waals surface area contributed by atoms with E-state index in [-0.39, 0.29) is 28.9 Å². The summed E-state index contributed by atoms with van der Waals surface area (Å²) >= 11 is 0. The molecule has 4 rings (SSSR count). The highest BCUT2D eigenvalue weighted by atomic mass is 32.2. The number of hydrogen-bond acceptors (Lipinski definition) is 6. The molecule has 2 amide bonds.